The van der Waals surface area contributed by atoms with E-state index in [-0.39, 0.29) is 11.1 Å². The normalized spacial score (nSPS) is 14.1. The maximum Gasteiger partial charge on any atom is 0.366 e. The van der Waals surface area contributed by atoms with E-state index in [9.17, 15) is 0 Å². The van der Waals surface area contributed by atoms with Crippen LogP contribution in [0.4, 0.5) is 0 Å². The fourth-order valence-electron chi connectivity index (χ4n) is 1.93. The summed E-state index contributed by atoms with van der Waals surface area (Å²) in [4.78, 5) is 14.7. The van der Waals surface area contributed by atoms with Crippen LogP contribution in [0.5, 0.6) is 0 Å². The van der Waals surface area contributed by atoms with Gasteiger partial charge in [0, 0.05) is 11.1 Å². The van der Waals surface area contributed by atoms with Crippen molar-refractivity contribution in [3.8, 4) is 0 Å². The van der Waals surface area contributed by atoms with Crippen molar-refractivity contribution in [2.75, 3.05) is 13.1 Å². The molecular formula is C12H32N4Si. The highest BCUT2D eigenvalue weighted by Crippen LogP contribution is 2.07. The molecule has 4 N–H and O–H groups in total. The number of rotatable bonds is 6. The molecule has 0 aliphatic rings. The second-order valence-electron chi connectivity index (χ2n) is 6.56. The molecule has 4 nitrogen and oxygen atoms in total. The predicted molar refractivity (Wildman–Crippen MR) is 78.9 cm³/mol. The first-order chi connectivity index (χ1) is 7.54. The van der Waals surface area contributed by atoms with Gasteiger partial charge in [-0.25, -0.2) is 0 Å². The molecule has 104 valence electrons. The second kappa shape index (κ2) is 6.29. The molecule has 0 heterocycles. The van der Waals surface area contributed by atoms with Gasteiger partial charge < -0.3 is 9.96 Å². The molecule has 5 heteroatoms. The highest BCUT2D eigenvalue weighted by molar-refractivity contribution is 6.70. The van der Waals surface area contributed by atoms with Gasteiger partial charge in [-0.05, 0) is 54.6 Å². The Morgan fingerprint density at radius 1 is 0.706 bits per heavy atom. The average Bonchev–Trinajstić information content (AvgIpc) is 1.96. The molecule has 0 aromatic carbocycles. The fraction of sp³-hybridized carbons (Fsp3) is 1.00. The molecular weight excluding hydrogens is 228 g/mol. The average molecular weight is 261 g/mol. The Hall–Kier alpha value is 0.0569. The van der Waals surface area contributed by atoms with E-state index in [1.54, 1.807) is 0 Å². The first-order valence-corrected chi connectivity index (χ1v) is 8.62. The summed E-state index contributed by atoms with van der Waals surface area (Å²) in [5, 5.41) is 0. The first kappa shape index (κ1) is 17.1. The van der Waals surface area contributed by atoms with E-state index in [4.69, 9.17) is 0 Å². The van der Waals surface area contributed by atoms with Crippen molar-refractivity contribution >= 4 is 8.72 Å². The van der Waals surface area contributed by atoms with Crippen LogP contribution in [-0.2, 0) is 0 Å². The van der Waals surface area contributed by atoms with Crippen LogP contribution in [0.3, 0.4) is 0 Å². The van der Waals surface area contributed by atoms with Crippen molar-refractivity contribution in [2.24, 2.45) is 0 Å². The van der Waals surface area contributed by atoms with E-state index in [2.05, 4.69) is 75.3 Å². The quantitative estimate of drug-likeness (QED) is 0.546. The van der Waals surface area contributed by atoms with Crippen LogP contribution in [0, 0.1) is 0 Å². The van der Waals surface area contributed by atoms with Crippen molar-refractivity contribution in [1.29, 1.82) is 0 Å². The summed E-state index contributed by atoms with van der Waals surface area (Å²) in [7, 11) is -2.07. The van der Waals surface area contributed by atoms with E-state index in [1.165, 1.54) is 0 Å². The van der Waals surface area contributed by atoms with Gasteiger partial charge in [0.1, 0.15) is 0 Å². The molecule has 0 saturated carbocycles. The predicted octanol–water partition coefficient (Wildman–Crippen LogP) is 1.42. The van der Waals surface area contributed by atoms with Crippen molar-refractivity contribution in [1.82, 2.24) is 19.9 Å². The van der Waals surface area contributed by atoms with Crippen LogP contribution in [0.1, 0.15) is 55.4 Å². The maximum atomic E-state index is 3.73. The molecule has 0 saturated heterocycles. The Morgan fingerprint density at radius 3 is 1.18 bits per heavy atom. The summed E-state index contributed by atoms with van der Waals surface area (Å²) >= 11 is 0. The van der Waals surface area contributed by atoms with Gasteiger partial charge in [-0.15, -0.1) is 0 Å². The molecule has 0 amide bonds. The van der Waals surface area contributed by atoms with Crippen LogP contribution in [0.15, 0.2) is 0 Å². The molecule has 0 rings (SSSR count). The largest absolute Gasteiger partial charge is 0.366 e. The van der Waals surface area contributed by atoms with E-state index < -0.39 is 8.72 Å². The Labute approximate surface area is 109 Å². The summed E-state index contributed by atoms with van der Waals surface area (Å²) in [5.41, 5.74) is 0.156. The van der Waals surface area contributed by atoms with Gasteiger partial charge >= 0.3 is 8.72 Å². The third-order valence-electron chi connectivity index (χ3n) is 2.01. The molecule has 0 unspecified atom stereocenters. The van der Waals surface area contributed by atoms with Crippen LogP contribution in [0.25, 0.3) is 0 Å². The smallest absolute Gasteiger partial charge is 0.301 e. The number of hydrogen-bond acceptors (Lipinski definition) is 4. The Kier molecular flexibility index (Phi) is 6.31. The van der Waals surface area contributed by atoms with Gasteiger partial charge in [0.15, 0.2) is 0 Å². The topological polar surface area (TPSA) is 48.1 Å². The van der Waals surface area contributed by atoms with E-state index >= 15 is 0 Å². The molecule has 0 radical (unpaired) electrons. The third-order valence-corrected chi connectivity index (χ3v) is 6.03. The minimum Gasteiger partial charge on any atom is -0.301 e. The molecule has 0 bridgehead atoms. The lowest BCUT2D eigenvalue weighted by Crippen LogP contribution is -2.85. The molecule has 0 aromatic heterocycles. The van der Waals surface area contributed by atoms with E-state index in [0.29, 0.717) is 0 Å². The van der Waals surface area contributed by atoms with Crippen molar-refractivity contribution in [2.45, 2.75) is 66.5 Å². The van der Waals surface area contributed by atoms with Gasteiger partial charge in [-0.1, -0.05) is 13.8 Å². The Bertz CT molecular complexity index is 194. The number of hydrogen-bond donors (Lipinski definition) is 4. The van der Waals surface area contributed by atoms with E-state index in [1.807, 2.05) is 0 Å². The minimum absolute atomic E-state index is 0.0782. The van der Waals surface area contributed by atoms with Crippen molar-refractivity contribution < 1.29 is 0 Å². The van der Waals surface area contributed by atoms with Gasteiger partial charge in [-0.2, -0.15) is 0 Å². The maximum absolute atomic E-state index is 3.73. The van der Waals surface area contributed by atoms with Gasteiger partial charge in [0.05, 0.1) is 0 Å². The lowest BCUT2D eigenvalue weighted by atomic mass is 10.1. The Balaban J connectivity index is 4.97. The third kappa shape index (κ3) is 7.89. The van der Waals surface area contributed by atoms with Crippen LogP contribution < -0.4 is 19.9 Å². The number of nitrogens with one attached hydrogen (secondary N) is 4. The van der Waals surface area contributed by atoms with Crippen LogP contribution >= 0.6 is 0 Å². The molecule has 0 aliphatic carbocycles. The van der Waals surface area contributed by atoms with Crippen LogP contribution in [-0.4, -0.2) is 32.9 Å². The highest BCUT2D eigenvalue weighted by atomic mass is 28.4. The molecule has 0 aromatic rings. The summed E-state index contributed by atoms with van der Waals surface area (Å²) in [6.45, 7) is 19.4. The second-order valence-corrected chi connectivity index (χ2v) is 9.27. The van der Waals surface area contributed by atoms with E-state index in [0.717, 1.165) is 13.1 Å². The van der Waals surface area contributed by atoms with Crippen molar-refractivity contribution in [3.63, 3.8) is 0 Å². The monoisotopic (exact) mass is 260 g/mol. The zero-order chi connectivity index (χ0) is 13.7. The summed E-state index contributed by atoms with van der Waals surface area (Å²) in [6, 6.07) is 0. The molecule has 0 aliphatic heterocycles. The summed E-state index contributed by atoms with van der Waals surface area (Å²) in [6.07, 6.45) is 0. The van der Waals surface area contributed by atoms with Gasteiger partial charge in [0.25, 0.3) is 0 Å². The van der Waals surface area contributed by atoms with Crippen LogP contribution in [0.2, 0.25) is 0 Å². The van der Waals surface area contributed by atoms with Crippen molar-refractivity contribution in [3.05, 3.63) is 0 Å². The summed E-state index contributed by atoms with van der Waals surface area (Å²) < 4.78 is 0. The fourth-order valence-corrected chi connectivity index (χ4v) is 5.78. The lowest BCUT2D eigenvalue weighted by molar-refractivity contribution is 0.439. The SMILES string of the molecule is CCN[Si](NCC)(NC(C)(C)C)NC(C)(C)C. The van der Waals surface area contributed by atoms with Gasteiger partial charge in [-0.3, -0.25) is 9.96 Å². The molecule has 0 atom stereocenters. The standard InChI is InChI=1S/C12H32N4Si/c1-9-13-17(14-10-2,15-11(3,4)5)16-12(6,7)8/h13-16H,9-10H2,1-8H3. The molecule has 0 spiro atoms. The zero-order valence-electron chi connectivity index (χ0n) is 12.9. The first-order valence-electron chi connectivity index (χ1n) is 6.62. The molecule has 17 heavy (non-hydrogen) atoms. The Morgan fingerprint density at radius 2 is 1.00 bits per heavy atom. The zero-order valence-corrected chi connectivity index (χ0v) is 13.9. The minimum atomic E-state index is -2.07. The highest BCUT2D eigenvalue weighted by Gasteiger charge is 2.40. The molecule has 0 fully saturated rings. The lowest BCUT2D eigenvalue weighted by Gasteiger charge is -2.43. The van der Waals surface area contributed by atoms with Gasteiger partial charge in [0.2, 0.25) is 0 Å². The summed E-state index contributed by atoms with van der Waals surface area (Å²) in [5.74, 6) is 0.